The smallest absolute Gasteiger partial charge is 0.331 e. The maximum atomic E-state index is 11.3. The van der Waals surface area contributed by atoms with E-state index in [-0.39, 0.29) is 16.9 Å². The summed E-state index contributed by atoms with van der Waals surface area (Å²) in [6.45, 7) is 0.446. The number of anilines is 1. The Bertz CT molecular complexity index is 449. The highest BCUT2D eigenvalue weighted by molar-refractivity contribution is 6.33. The van der Waals surface area contributed by atoms with E-state index in [0.717, 1.165) is 0 Å². The van der Waals surface area contributed by atoms with Crippen molar-refractivity contribution in [1.82, 2.24) is 10.2 Å². The molecule has 0 spiro atoms. The monoisotopic (exact) mass is 277 g/mol. The van der Waals surface area contributed by atoms with Gasteiger partial charge < -0.3 is 15.2 Å². The zero-order chi connectivity index (χ0) is 12.5. The van der Waals surface area contributed by atoms with Gasteiger partial charge in [-0.25, -0.2) is 4.79 Å². The van der Waals surface area contributed by atoms with Gasteiger partial charge >= 0.3 is 5.97 Å². The van der Waals surface area contributed by atoms with Gasteiger partial charge in [0, 0.05) is 19.1 Å². The van der Waals surface area contributed by atoms with Crippen LogP contribution in [0, 0.1) is 0 Å². The molecule has 1 unspecified atom stereocenters. The molecule has 8 heteroatoms. The molecule has 1 aliphatic heterocycles. The van der Waals surface area contributed by atoms with Crippen LogP contribution in [-0.4, -0.2) is 40.0 Å². The van der Waals surface area contributed by atoms with Crippen molar-refractivity contribution in [2.45, 2.75) is 12.0 Å². The molecule has 0 saturated carbocycles. The molecule has 17 heavy (non-hydrogen) atoms. The minimum absolute atomic E-state index is 0.0681. The second-order valence-corrected chi connectivity index (χ2v) is 4.43. The number of aliphatic carboxylic acids is 1. The van der Waals surface area contributed by atoms with Gasteiger partial charge in [0.2, 0.25) is 0 Å². The Hall–Kier alpha value is -1.11. The van der Waals surface area contributed by atoms with E-state index < -0.39 is 11.5 Å². The van der Waals surface area contributed by atoms with Crippen LogP contribution >= 0.6 is 23.2 Å². The highest BCUT2D eigenvalue weighted by Gasteiger charge is 2.43. The van der Waals surface area contributed by atoms with Crippen molar-refractivity contribution < 1.29 is 14.6 Å². The molecule has 2 rings (SSSR count). The molecule has 1 atom stereocenters. The highest BCUT2D eigenvalue weighted by atomic mass is 35.5. The Labute approximate surface area is 107 Å². The van der Waals surface area contributed by atoms with E-state index in [0.29, 0.717) is 18.7 Å². The molecule has 0 aromatic carbocycles. The zero-order valence-electron chi connectivity index (χ0n) is 8.61. The van der Waals surface area contributed by atoms with Crippen LogP contribution in [0.5, 0.6) is 0 Å². The van der Waals surface area contributed by atoms with E-state index in [9.17, 15) is 9.90 Å². The number of hydrogen-bond donors (Lipinski definition) is 2. The SMILES string of the molecule is O=C(O)C1(Nc2cc(Cl)nnc2Cl)CCOC1. The van der Waals surface area contributed by atoms with Crippen molar-refractivity contribution >= 4 is 34.9 Å². The van der Waals surface area contributed by atoms with Gasteiger partial charge in [-0.15, -0.1) is 10.2 Å². The van der Waals surface area contributed by atoms with Crippen molar-refractivity contribution in [2.75, 3.05) is 18.5 Å². The molecule has 1 aromatic rings. The predicted molar refractivity (Wildman–Crippen MR) is 61.5 cm³/mol. The van der Waals surface area contributed by atoms with Crippen LogP contribution in [0.2, 0.25) is 10.3 Å². The lowest BCUT2D eigenvalue weighted by Crippen LogP contribution is -2.47. The van der Waals surface area contributed by atoms with Crippen LogP contribution in [0.3, 0.4) is 0 Å². The molecule has 1 aromatic heterocycles. The molecule has 2 N–H and O–H groups in total. The topological polar surface area (TPSA) is 84.3 Å². The van der Waals surface area contributed by atoms with Gasteiger partial charge in [0.1, 0.15) is 0 Å². The largest absolute Gasteiger partial charge is 0.479 e. The van der Waals surface area contributed by atoms with Gasteiger partial charge in [-0.1, -0.05) is 23.2 Å². The molecule has 2 heterocycles. The predicted octanol–water partition coefficient (Wildman–Crippen LogP) is 1.44. The first-order chi connectivity index (χ1) is 8.03. The van der Waals surface area contributed by atoms with Crippen LogP contribution in [-0.2, 0) is 9.53 Å². The quantitative estimate of drug-likeness (QED) is 0.870. The maximum absolute atomic E-state index is 11.3. The molecule has 0 bridgehead atoms. The summed E-state index contributed by atoms with van der Waals surface area (Å²) in [5, 5.41) is 19.4. The fraction of sp³-hybridized carbons (Fsp3) is 0.444. The average molecular weight is 278 g/mol. The summed E-state index contributed by atoms with van der Waals surface area (Å²) in [6.07, 6.45) is 0.346. The van der Waals surface area contributed by atoms with Crippen LogP contribution in [0.1, 0.15) is 6.42 Å². The van der Waals surface area contributed by atoms with Gasteiger partial charge in [0.05, 0.1) is 12.3 Å². The summed E-state index contributed by atoms with van der Waals surface area (Å²) in [7, 11) is 0. The first-order valence-electron chi connectivity index (χ1n) is 4.81. The molecule has 0 amide bonds. The molecule has 1 saturated heterocycles. The minimum Gasteiger partial charge on any atom is -0.479 e. The normalized spacial score (nSPS) is 23.6. The van der Waals surface area contributed by atoms with Gasteiger partial charge in [0.15, 0.2) is 15.8 Å². The first kappa shape index (κ1) is 12.3. The van der Waals surface area contributed by atoms with Gasteiger partial charge in [-0.05, 0) is 0 Å². The van der Waals surface area contributed by atoms with Crippen molar-refractivity contribution in [3.63, 3.8) is 0 Å². The Morgan fingerprint density at radius 2 is 2.29 bits per heavy atom. The number of nitrogens with one attached hydrogen (secondary N) is 1. The fourth-order valence-corrected chi connectivity index (χ4v) is 1.87. The summed E-state index contributed by atoms with van der Waals surface area (Å²) in [5.74, 6) is -1.00. The molecular weight excluding hydrogens is 269 g/mol. The van der Waals surface area contributed by atoms with E-state index in [1.807, 2.05) is 0 Å². The lowest BCUT2D eigenvalue weighted by molar-refractivity contribution is -0.142. The van der Waals surface area contributed by atoms with Gasteiger partial charge in [-0.3, -0.25) is 0 Å². The second kappa shape index (κ2) is 4.64. The zero-order valence-corrected chi connectivity index (χ0v) is 10.1. The van der Waals surface area contributed by atoms with E-state index in [1.165, 1.54) is 6.07 Å². The van der Waals surface area contributed by atoms with E-state index in [2.05, 4.69) is 15.5 Å². The molecule has 1 fully saturated rings. The lowest BCUT2D eigenvalue weighted by atomic mass is 9.99. The summed E-state index contributed by atoms with van der Waals surface area (Å²) >= 11 is 11.5. The number of nitrogens with zero attached hydrogens (tertiary/aromatic N) is 2. The summed E-state index contributed by atoms with van der Waals surface area (Å²) in [4.78, 5) is 11.3. The molecular formula is C9H9Cl2N3O3. The number of hydrogen-bond acceptors (Lipinski definition) is 5. The van der Waals surface area contributed by atoms with Crippen LogP contribution in [0.25, 0.3) is 0 Å². The Kier molecular flexibility index (Phi) is 3.37. The lowest BCUT2D eigenvalue weighted by Gasteiger charge is -2.25. The Morgan fingerprint density at radius 3 is 2.88 bits per heavy atom. The van der Waals surface area contributed by atoms with Crippen LogP contribution in [0.15, 0.2) is 6.07 Å². The minimum atomic E-state index is -1.18. The number of carboxylic acids is 1. The number of halogens is 2. The number of ether oxygens (including phenoxy) is 1. The highest BCUT2D eigenvalue weighted by Crippen LogP contribution is 2.29. The summed E-state index contributed by atoms with van der Waals surface area (Å²) in [6, 6.07) is 1.43. The number of aromatic nitrogens is 2. The van der Waals surface area contributed by atoms with Gasteiger partial charge in [0.25, 0.3) is 0 Å². The maximum Gasteiger partial charge on any atom is 0.331 e. The third-order valence-corrected chi connectivity index (χ3v) is 2.99. The summed E-state index contributed by atoms with van der Waals surface area (Å²) < 4.78 is 5.11. The Morgan fingerprint density at radius 1 is 1.53 bits per heavy atom. The second-order valence-electron chi connectivity index (χ2n) is 3.69. The third-order valence-electron chi connectivity index (χ3n) is 2.52. The molecule has 1 aliphatic rings. The van der Waals surface area contributed by atoms with E-state index in [4.69, 9.17) is 27.9 Å². The van der Waals surface area contributed by atoms with Crippen LogP contribution in [0.4, 0.5) is 5.69 Å². The van der Waals surface area contributed by atoms with Crippen molar-refractivity contribution in [1.29, 1.82) is 0 Å². The molecule has 0 radical (unpaired) electrons. The average Bonchev–Trinajstić information content (AvgIpc) is 2.73. The molecule has 0 aliphatic carbocycles. The van der Waals surface area contributed by atoms with Crippen molar-refractivity contribution in [3.05, 3.63) is 16.4 Å². The number of carbonyl (C=O) groups is 1. The number of carboxylic acid groups (broad SMARTS) is 1. The molecule has 6 nitrogen and oxygen atoms in total. The summed E-state index contributed by atoms with van der Waals surface area (Å²) in [5.41, 5.74) is -0.852. The van der Waals surface area contributed by atoms with Crippen molar-refractivity contribution in [2.24, 2.45) is 0 Å². The molecule has 92 valence electrons. The third kappa shape index (κ3) is 2.43. The Balaban J connectivity index is 2.29. The number of rotatable bonds is 3. The van der Waals surface area contributed by atoms with E-state index in [1.54, 1.807) is 0 Å². The van der Waals surface area contributed by atoms with Gasteiger partial charge in [-0.2, -0.15) is 0 Å². The standard InChI is InChI=1S/C9H9Cl2N3O3/c10-6-3-5(7(11)14-13-6)12-9(8(15)16)1-2-17-4-9/h3H,1-2,4H2,(H,12,13)(H,15,16). The van der Waals surface area contributed by atoms with Crippen LogP contribution < -0.4 is 5.32 Å². The first-order valence-corrected chi connectivity index (χ1v) is 5.57. The fourth-order valence-electron chi connectivity index (χ4n) is 1.58. The van der Waals surface area contributed by atoms with E-state index >= 15 is 0 Å². The van der Waals surface area contributed by atoms with Crippen molar-refractivity contribution in [3.8, 4) is 0 Å².